The molecule has 3 heterocycles. The lowest BCUT2D eigenvalue weighted by Gasteiger charge is -2.30. The molecule has 4 aliphatic rings. The van der Waals surface area contributed by atoms with Crippen LogP contribution in [-0.4, -0.2) is 47.7 Å². The molecule has 2 aromatic rings. The number of likely N-dealkylation sites (tertiary alicyclic amines) is 1. The fourth-order valence-corrected chi connectivity index (χ4v) is 6.33. The number of amides is 2. The number of pyridine rings is 1. The van der Waals surface area contributed by atoms with Crippen LogP contribution in [-0.2, 0) is 21.0 Å². The lowest BCUT2D eigenvalue weighted by molar-refractivity contribution is -0.141. The van der Waals surface area contributed by atoms with Gasteiger partial charge in [0.2, 0.25) is 11.8 Å². The number of aromatic nitrogens is 1. The number of fused-ring (bicyclic) bond motifs is 8. The number of para-hydroxylation sites is 1. The van der Waals surface area contributed by atoms with E-state index in [1.165, 1.54) is 4.90 Å². The van der Waals surface area contributed by atoms with Crippen molar-refractivity contribution in [2.75, 3.05) is 14.2 Å². The molecule has 8 nitrogen and oxygen atoms in total. The van der Waals surface area contributed by atoms with Crippen LogP contribution >= 0.6 is 0 Å². The molecule has 2 aliphatic heterocycles. The van der Waals surface area contributed by atoms with E-state index in [0.717, 1.165) is 23.3 Å². The van der Waals surface area contributed by atoms with Gasteiger partial charge in [0.15, 0.2) is 11.5 Å². The van der Waals surface area contributed by atoms with Crippen molar-refractivity contribution in [3.63, 3.8) is 0 Å². The number of hydrogen-bond donors (Lipinski definition) is 0. The van der Waals surface area contributed by atoms with Gasteiger partial charge in [-0.1, -0.05) is 17.3 Å². The van der Waals surface area contributed by atoms with Gasteiger partial charge in [-0.3, -0.25) is 19.5 Å². The van der Waals surface area contributed by atoms with Gasteiger partial charge >= 0.3 is 0 Å². The minimum Gasteiger partial charge on any atom is -0.493 e. The molecule has 1 aromatic carbocycles. The fraction of sp³-hybridized carbons (Fsp3) is 0.417. The van der Waals surface area contributed by atoms with Crippen molar-refractivity contribution in [1.29, 1.82) is 0 Å². The van der Waals surface area contributed by atoms with E-state index in [2.05, 4.69) is 10.1 Å². The average molecular weight is 433 g/mol. The average Bonchev–Trinajstić information content (AvgIpc) is 3.56. The summed E-state index contributed by atoms with van der Waals surface area (Å²) in [5, 5.41) is 4.42. The van der Waals surface area contributed by atoms with Crippen molar-refractivity contribution in [2.45, 2.75) is 19.1 Å². The summed E-state index contributed by atoms with van der Waals surface area (Å²) >= 11 is 0. The number of hydrogen-bond acceptors (Lipinski definition) is 7. The quantitative estimate of drug-likeness (QED) is 0.672. The number of nitrogens with zero attached hydrogens (tertiary/aromatic N) is 3. The van der Waals surface area contributed by atoms with Gasteiger partial charge < -0.3 is 14.3 Å². The SMILES string of the molecule is COc1cccc(C2=NO[C@@H]3[C@H]4C[C@H]([C@H]5C(=O)N(Cc6cccnc6)C(=O)[C@@H]45)[C@H]23)c1OC. The van der Waals surface area contributed by atoms with Crippen molar-refractivity contribution in [3.05, 3.63) is 53.9 Å². The Balaban J connectivity index is 1.32. The molecule has 6 atom stereocenters. The highest BCUT2D eigenvalue weighted by Crippen LogP contribution is 2.62. The summed E-state index contributed by atoms with van der Waals surface area (Å²) in [6.45, 7) is 0.263. The minimum absolute atomic E-state index is 0.0109. The first kappa shape index (κ1) is 19.3. The number of rotatable bonds is 5. The van der Waals surface area contributed by atoms with Gasteiger partial charge in [-0.25, -0.2) is 0 Å². The summed E-state index contributed by atoms with van der Waals surface area (Å²) in [6, 6.07) is 9.36. The Kier molecular flexibility index (Phi) is 4.25. The largest absolute Gasteiger partial charge is 0.493 e. The summed E-state index contributed by atoms with van der Waals surface area (Å²) in [6.07, 6.45) is 3.98. The normalized spacial score (nSPS) is 31.9. The van der Waals surface area contributed by atoms with Crippen LogP contribution in [0, 0.1) is 29.6 Å². The molecule has 0 radical (unpaired) electrons. The zero-order valence-electron chi connectivity index (χ0n) is 17.8. The second-order valence-corrected chi connectivity index (χ2v) is 8.85. The van der Waals surface area contributed by atoms with E-state index >= 15 is 0 Å². The molecule has 1 aromatic heterocycles. The van der Waals surface area contributed by atoms with Crippen LogP contribution in [0.1, 0.15) is 17.5 Å². The van der Waals surface area contributed by atoms with Crippen LogP contribution < -0.4 is 9.47 Å². The van der Waals surface area contributed by atoms with Crippen LogP contribution in [0.3, 0.4) is 0 Å². The van der Waals surface area contributed by atoms with Crippen molar-refractivity contribution < 1.29 is 23.9 Å². The third kappa shape index (κ3) is 2.49. The monoisotopic (exact) mass is 433 g/mol. The smallest absolute Gasteiger partial charge is 0.233 e. The maximum Gasteiger partial charge on any atom is 0.233 e. The molecule has 2 amide bonds. The van der Waals surface area contributed by atoms with Gasteiger partial charge in [-0.2, -0.15) is 0 Å². The van der Waals surface area contributed by atoms with Gasteiger partial charge in [0, 0.05) is 29.8 Å². The standard InChI is InChI=1S/C24H23N3O5/c1-30-16-7-3-6-13(21(16)31-2)20-19-14-9-15(22(19)32-26-20)18-17(14)23(28)27(24(18)29)11-12-5-4-8-25-10-12/h3-8,10,14-15,17-19,22H,9,11H2,1-2H3/t14-,15+,17-,18+,19-,22-/m1/s1. The molecule has 2 bridgehead atoms. The first-order valence-corrected chi connectivity index (χ1v) is 10.8. The van der Waals surface area contributed by atoms with E-state index in [4.69, 9.17) is 14.3 Å². The summed E-state index contributed by atoms with van der Waals surface area (Å²) in [5.41, 5.74) is 2.44. The number of carbonyl (C=O) groups excluding carboxylic acids is 2. The minimum atomic E-state index is -0.327. The fourth-order valence-electron chi connectivity index (χ4n) is 6.33. The zero-order valence-corrected chi connectivity index (χ0v) is 17.8. The molecule has 32 heavy (non-hydrogen) atoms. The van der Waals surface area contributed by atoms with Gasteiger partial charge in [0.25, 0.3) is 0 Å². The number of methoxy groups -OCH3 is 2. The molecular formula is C24H23N3O5. The van der Waals surface area contributed by atoms with E-state index in [9.17, 15) is 9.59 Å². The van der Waals surface area contributed by atoms with Crippen molar-refractivity contribution in [3.8, 4) is 11.5 Å². The second-order valence-electron chi connectivity index (χ2n) is 8.85. The first-order valence-electron chi connectivity index (χ1n) is 10.8. The number of ether oxygens (including phenoxy) is 2. The number of imide groups is 1. The molecule has 8 heteroatoms. The number of carbonyl (C=O) groups is 2. The van der Waals surface area contributed by atoms with Gasteiger partial charge in [-0.15, -0.1) is 0 Å². The topological polar surface area (TPSA) is 90.3 Å². The Hall–Kier alpha value is -3.42. The molecule has 1 saturated heterocycles. The molecule has 6 rings (SSSR count). The summed E-state index contributed by atoms with van der Waals surface area (Å²) in [4.78, 5) is 38.1. The molecular weight excluding hydrogens is 410 g/mol. The van der Waals surface area contributed by atoms with Crippen molar-refractivity contribution >= 4 is 17.5 Å². The summed E-state index contributed by atoms with van der Waals surface area (Å²) < 4.78 is 11.1. The predicted molar refractivity (Wildman–Crippen MR) is 113 cm³/mol. The van der Waals surface area contributed by atoms with Crippen LogP contribution in [0.25, 0.3) is 0 Å². The van der Waals surface area contributed by atoms with E-state index < -0.39 is 0 Å². The summed E-state index contributed by atoms with van der Waals surface area (Å²) in [5.74, 6) is 0.352. The third-order valence-electron chi connectivity index (χ3n) is 7.52. The molecule has 2 saturated carbocycles. The molecule has 2 aliphatic carbocycles. The second kappa shape index (κ2) is 7.05. The van der Waals surface area contributed by atoms with E-state index in [1.54, 1.807) is 26.6 Å². The van der Waals surface area contributed by atoms with Crippen LogP contribution in [0.2, 0.25) is 0 Å². The Labute approximate surface area is 185 Å². The Morgan fingerprint density at radius 2 is 1.84 bits per heavy atom. The molecule has 164 valence electrons. The Morgan fingerprint density at radius 1 is 1.03 bits per heavy atom. The highest BCUT2D eigenvalue weighted by atomic mass is 16.6. The van der Waals surface area contributed by atoms with Gasteiger partial charge in [0.1, 0.15) is 6.10 Å². The first-order chi connectivity index (χ1) is 15.6. The molecule has 0 N–H and O–H groups in total. The van der Waals surface area contributed by atoms with Crippen molar-refractivity contribution in [1.82, 2.24) is 9.88 Å². The van der Waals surface area contributed by atoms with Gasteiger partial charge in [-0.05, 0) is 36.1 Å². The Morgan fingerprint density at radius 3 is 2.56 bits per heavy atom. The maximum atomic E-state index is 13.4. The van der Waals surface area contributed by atoms with Crippen molar-refractivity contribution in [2.24, 2.45) is 34.7 Å². The molecule has 3 fully saturated rings. The highest BCUT2D eigenvalue weighted by Gasteiger charge is 2.70. The lowest BCUT2D eigenvalue weighted by atomic mass is 9.71. The number of benzene rings is 1. The molecule has 0 spiro atoms. The maximum absolute atomic E-state index is 13.4. The van der Waals surface area contributed by atoms with E-state index in [0.29, 0.717) is 11.5 Å². The highest BCUT2D eigenvalue weighted by molar-refractivity contribution is 6.10. The van der Waals surface area contributed by atoms with E-state index in [-0.39, 0.29) is 54.1 Å². The number of oxime groups is 1. The zero-order chi connectivity index (χ0) is 22.0. The predicted octanol–water partition coefficient (Wildman–Crippen LogP) is 2.27. The van der Waals surface area contributed by atoms with Crippen LogP contribution in [0.4, 0.5) is 0 Å². The third-order valence-corrected chi connectivity index (χ3v) is 7.52. The summed E-state index contributed by atoms with van der Waals surface area (Å²) in [7, 11) is 3.20. The van der Waals surface area contributed by atoms with Gasteiger partial charge in [0.05, 0.1) is 38.3 Å². The lowest BCUT2D eigenvalue weighted by Crippen LogP contribution is -2.41. The van der Waals surface area contributed by atoms with Crippen LogP contribution in [0.15, 0.2) is 47.9 Å². The molecule has 0 unspecified atom stereocenters. The van der Waals surface area contributed by atoms with Crippen LogP contribution in [0.5, 0.6) is 11.5 Å². The Bertz CT molecular complexity index is 1130. The van der Waals surface area contributed by atoms with E-state index in [1.807, 2.05) is 30.3 Å².